The standard InChI is InChI=1S/C17H22N2O/c1-4-10-19(11-5-2)13-17-15(12-18-3)14-8-6-7-9-16(14)20-17/h1,6-9,18H,5,10-13H2,2-3H3. The van der Waals surface area contributed by atoms with Crippen LogP contribution in [0.2, 0.25) is 0 Å². The number of hydrogen-bond acceptors (Lipinski definition) is 3. The largest absolute Gasteiger partial charge is 0.459 e. The normalized spacial score (nSPS) is 11.1. The van der Waals surface area contributed by atoms with Crippen molar-refractivity contribution in [3.8, 4) is 12.3 Å². The Morgan fingerprint density at radius 1 is 1.35 bits per heavy atom. The summed E-state index contributed by atoms with van der Waals surface area (Å²) in [6.07, 6.45) is 6.54. The molecule has 0 radical (unpaired) electrons. The van der Waals surface area contributed by atoms with Crippen LogP contribution in [0, 0.1) is 12.3 Å². The molecule has 0 aliphatic rings. The fourth-order valence-electron chi connectivity index (χ4n) is 2.51. The smallest absolute Gasteiger partial charge is 0.134 e. The lowest BCUT2D eigenvalue weighted by Crippen LogP contribution is -2.25. The molecule has 2 aromatic rings. The zero-order chi connectivity index (χ0) is 14.4. The van der Waals surface area contributed by atoms with Crippen molar-refractivity contribution in [2.45, 2.75) is 26.4 Å². The summed E-state index contributed by atoms with van der Waals surface area (Å²) in [6, 6.07) is 8.18. The Kier molecular flexibility index (Phi) is 5.23. The van der Waals surface area contributed by atoms with E-state index < -0.39 is 0 Å². The van der Waals surface area contributed by atoms with Crippen molar-refractivity contribution in [3.63, 3.8) is 0 Å². The predicted octanol–water partition coefficient (Wildman–Crippen LogP) is 3.00. The Morgan fingerprint density at radius 2 is 2.15 bits per heavy atom. The van der Waals surface area contributed by atoms with Gasteiger partial charge in [0.1, 0.15) is 11.3 Å². The maximum absolute atomic E-state index is 6.02. The number of furan rings is 1. The molecule has 0 unspecified atom stereocenters. The summed E-state index contributed by atoms with van der Waals surface area (Å²) in [5, 5.41) is 4.41. The molecule has 20 heavy (non-hydrogen) atoms. The van der Waals surface area contributed by atoms with E-state index in [1.54, 1.807) is 0 Å². The van der Waals surface area contributed by atoms with E-state index in [0.29, 0.717) is 6.54 Å². The monoisotopic (exact) mass is 270 g/mol. The van der Waals surface area contributed by atoms with Gasteiger partial charge in [0.25, 0.3) is 0 Å². The summed E-state index contributed by atoms with van der Waals surface area (Å²) < 4.78 is 6.02. The van der Waals surface area contributed by atoms with E-state index in [0.717, 1.165) is 37.4 Å². The van der Waals surface area contributed by atoms with Gasteiger partial charge in [0.15, 0.2) is 0 Å². The molecule has 3 nitrogen and oxygen atoms in total. The highest BCUT2D eigenvalue weighted by Gasteiger charge is 2.15. The molecule has 1 N–H and O–H groups in total. The number of para-hydroxylation sites is 1. The van der Waals surface area contributed by atoms with Crippen LogP contribution < -0.4 is 5.32 Å². The van der Waals surface area contributed by atoms with Crippen LogP contribution in [0.3, 0.4) is 0 Å². The summed E-state index contributed by atoms with van der Waals surface area (Å²) in [6.45, 7) is 5.38. The number of terminal acetylenes is 1. The number of benzene rings is 1. The van der Waals surface area contributed by atoms with Crippen LogP contribution in [-0.2, 0) is 13.1 Å². The highest BCUT2D eigenvalue weighted by atomic mass is 16.3. The predicted molar refractivity (Wildman–Crippen MR) is 83.4 cm³/mol. The third kappa shape index (κ3) is 3.22. The van der Waals surface area contributed by atoms with Crippen molar-refractivity contribution in [3.05, 3.63) is 35.6 Å². The van der Waals surface area contributed by atoms with E-state index in [1.165, 1.54) is 10.9 Å². The lowest BCUT2D eigenvalue weighted by molar-refractivity contribution is 0.274. The van der Waals surface area contributed by atoms with Crippen LogP contribution in [0.25, 0.3) is 11.0 Å². The minimum Gasteiger partial charge on any atom is -0.459 e. The maximum atomic E-state index is 6.02. The molecule has 0 atom stereocenters. The second-order valence-corrected chi connectivity index (χ2v) is 4.95. The number of nitrogens with zero attached hydrogens (tertiary/aromatic N) is 1. The van der Waals surface area contributed by atoms with Gasteiger partial charge in [-0.25, -0.2) is 0 Å². The Morgan fingerprint density at radius 3 is 2.85 bits per heavy atom. The minimum absolute atomic E-state index is 0.657. The van der Waals surface area contributed by atoms with Gasteiger partial charge in [-0.3, -0.25) is 4.90 Å². The van der Waals surface area contributed by atoms with Gasteiger partial charge in [0.2, 0.25) is 0 Å². The second-order valence-electron chi connectivity index (χ2n) is 4.95. The molecule has 2 rings (SSSR count). The van der Waals surface area contributed by atoms with Gasteiger partial charge in [0.05, 0.1) is 13.1 Å². The van der Waals surface area contributed by atoms with E-state index >= 15 is 0 Å². The topological polar surface area (TPSA) is 28.4 Å². The van der Waals surface area contributed by atoms with Gasteiger partial charge in [-0.15, -0.1) is 6.42 Å². The van der Waals surface area contributed by atoms with Crippen molar-refractivity contribution in [1.82, 2.24) is 10.2 Å². The fraction of sp³-hybridized carbons (Fsp3) is 0.412. The number of hydrogen-bond donors (Lipinski definition) is 1. The summed E-state index contributed by atoms with van der Waals surface area (Å²) in [4.78, 5) is 2.25. The molecule has 3 heteroatoms. The van der Waals surface area contributed by atoms with Crippen molar-refractivity contribution >= 4 is 11.0 Å². The molecular weight excluding hydrogens is 248 g/mol. The molecule has 0 fully saturated rings. The van der Waals surface area contributed by atoms with Gasteiger partial charge in [-0.1, -0.05) is 31.0 Å². The molecule has 0 amide bonds. The van der Waals surface area contributed by atoms with E-state index in [2.05, 4.69) is 29.1 Å². The van der Waals surface area contributed by atoms with Crippen LogP contribution in [0.5, 0.6) is 0 Å². The lowest BCUT2D eigenvalue weighted by Gasteiger charge is -2.18. The number of fused-ring (bicyclic) bond motifs is 1. The van der Waals surface area contributed by atoms with E-state index in [9.17, 15) is 0 Å². The number of nitrogens with one attached hydrogen (secondary N) is 1. The first-order valence-electron chi connectivity index (χ1n) is 7.09. The summed E-state index contributed by atoms with van der Waals surface area (Å²) in [5.74, 6) is 3.74. The Balaban J connectivity index is 2.32. The van der Waals surface area contributed by atoms with Gasteiger partial charge in [-0.05, 0) is 26.1 Å². The molecule has 0 aliphatic heterocycles. The summed E-state index contributed by atoms with van der Waals surface area (Å²) >= 11 is 0. The minimum atomic E-state index is 0.657. The summed E-state index contributed by atoms with van der Waals surface area (Å²) in [5.41, 5.74) is 2.19. The van der Waals surface area contributed by atoms with Crippen molar-refractivity contribution < 1.29 is 4.42 Å². The fourth-order valence-corrected chi connectivity index (χ4v) is 2.51. The zero-order valence-electron chi connectivity index (χ0n) is 12.3. The Bertz CT molecular complexity index is 595. The highest BCUT2D eigenvalue weighted by molar-refractivity contribution is 5.82. The van der Waals surface area contributed by atoms with Crippen molar-refractivity contribution in [1.29, 1.82) is 0 Å². The van der Waals surface area contributed by atoms with Crippen LogP contribution in [0.1, 0.15) is 24.7 Å². The second kappa shape index (κ2) is 7.14. The Labute approximate surface area is 121 Å². The third-order valence-corrected chi connectivity index (χ3v) is 3.36. The lowest BCUT2D eigenvalue weighted by atomic mass is 10.1. The van der Waals surface area contributed by atoms with Crippen LogP contribution in [0.15, 0.2) is 28.7 Å². The molecule has 1 aromatic carbocycles. The molecule has 1 aromatic heterocycles. The molecule has 0 saturated carbocycles. The first kappa shape index (κ1) is 14.6. The first-order valence-corrected chi connectivity index (χ1v) is 7.09. The van der Waals surface area contributed by atoms with Gasteiger partial charge >= 0.3 is 0 Å². The van der Waals surface area contributed by atoms with E-state index in [1.807, 2.05) is 25.2 Å². The number of rotatable bonds is 7. The van der Waals surface area contributed by atoms with Crippen LogP contribution >= 0.6 is 0 Å². The average molecular weight is 270 g/mol. The maximum Gasteiger partial charge on any atom is 0.134 e. The molecular formula is C17H22N2O. The van der Waals surface area contributed by atoms with Gasteiger partial charge in [-0.2, -0.15) is 0 Å². The van der Waals surface area contributed by atoms with Crippen molar-refractivity contribution in [2.75, 3.05) is 20.1 Å². The average Bonchev–Trinajstić information content (AvgIpc) is 2.78. The SMILES string of the molecule is C#CCN(CCC)Cc1oc2ccccc2c1CNC. The molecule has 1 heterocycles. The molecule has 0 saturated heterocycles. The van der Waals surface area contributed by atoms with Crippen molar-refractivity contribution in [2.24, 2.45) is 0 Å². The molecule has 0 spiro atoms. The molecule has 0 bridgehead atoms. The third-order valence-electron chi connectivity index (χ3n) is 3.36. The Hall–Kier alpha value is -1.76. The first-order chi connectivity index (χ1) is 9.80. The van der Waals surface area contributed by atoms with Gasteiger partial charge in [0, 0.05) is 17.5 Å². The van der Waals surface area contributed by atoms with Crippen LogP contribution in [-0.4, -0.2) is 25.0 Å². The van der Waals surface area contributed by atoms with E-state index in [4.69, 9.17) is 10.8 Å². The molecule has 106 valence electrons. The quantitative estimate of drug-likeness (QED) is 0.784. The zero-order valence-corrected chi connectivity index (χ0v) is 12.3. The van der Waals surface area contributed by atoms with Gasteiger partial charge < -0.3 is 9.73 Å². The molecule has 0 aliphatic carbocycles. The van der Waals surface area contributed by atoms with Crippen LogP contribution in [0.4, 0.5) is 0 Å². The van der Waals surface area contributed by atoms with E-state index in [-0.39, 0.29) is 0 Å². The summed E-state index contributed by atoms with van der Waals surface area (Å²) in [7, 11) is 1.96. The highest BCUT2D eigenvalue weighted by Crippen LogP contribution is 2.26.